The second-order valence-corrected chi connectivity index (χ2v) is 5.89. The molecule has 1 aliphatic heterocycles. The summed E-state index contributed by atoms with van der Waals surface area (Å²) in [6.07, 6.45) is 2.68. The molecule has 0 radical (unpaired) electrons. The monoisotopic (exact) mass is 236 g/mol. The van der Waals surface area contributed by atoms with E-state index >= 15 is 0 Å². The SMILES string of the molecule is C=C1CN(C(=O)OC(C)(C)C)C2(C)CC=C2N1. The van der Waals surface area contributed by atoms with Gasteiger partial charge in [-0.15, -0.1) is 0 Å². The summed E-state index contributed by atoms with van der Waals surface area (Å²) < 4.78 is 5.43. The van der Waals surface area contributed by atoms with Crippen LogP contribution in [0.5, 0.6) is 0 Å². The number of ether oxygens (including phenoxy) is 1. The van der Waals surface area contributed by atoms with Gasteiger partial charge >= 0.3 is 6.09 Å². The van der Waals surface area contributed by atoms with Crippen LogP contribution in [0.2, 0.25) is 0 Å². The zero-order valence-corrected chi connectivity index (χ0v) is 11.0. The lowest BCUT2D eigenvalue weighted by atomic mass is 9.79. The second kappa shape index (κ2) is 3.52. The Morgan fingerprint density at radius 1 is 1.59 bits per heavy atom. The lowest BCUT2D eigenvalue weighted by Crippen LogP contribution is -2.62. The first-order valence-electron chi connectivity index (χ1n) is 5.88. The van der Waals surface area contributed by atoms with Crippen molar-refractivity contribution in [1.82, 2.24) is 10.2 Å². The predicted molar refractivity (Wildman–Crippen MR) is 66.3 cm³/mol. The van der Waals surface area contributed by atoms with Crippen LogP contribution in [0.4, 0.5) is 4.79 Å². The van der Waals surface area contributed by atoms with E-state index in [1.54, 1.807) is 4.90 Å². The van der Waals surface area contributed by atoms with Crippen molar-refractivity contribution in [3.63, 3.8) is 0 Å². The summed E-state index contributed by atoms with van der Waals surface area (Å²) in [4.78, 5) is 13.9. The van der Waals surface area contributed by atoms with Gasteiger partial charge < -0.3 is 10.1 Å². The van der Waals surface area contributed by atoms with Gasteiger partial charge in [0.1, 0.15) is 5.60 Å². The van der Waals surface area contributed by atoms with Crippen LogP contribution in [-0.2, 0) is 4.74 Å². The van der Waals surface area contributed by atoms with Crippen LogP contribution >= 0.6 is 0 Å². The number of nitrogens with one attached hydrogen (secondary N) is 1. The molecule has 4 heteroatoms. The first-order chi connectivity index (χ1) is 7.72. The fourth-order valence-electron chi connectivity index (χ4n) is 2.12. The fraction of sp³-hybridized carbons (Fsp3) is 0.615. The molecule has 1 atom stereocenters. The highest BCUT2D eigenvalue weighted by Gasteiger charge is 2.47. The summed E-state index contributed by atoms with van der Waals surface area (Å²) in [7, 11) is 0. The minimum Gasteiger partial charge on any atom is -0.444 e. The normalized spacial score (nSPS) is 27.6. The van der Waals surface area contributed by atoms with Gasteiger partial charge in [-0.05, 0) is 34.1 Å². The largest absolute Gasteiger partial charge is 0.444 e. The van der Waals surface area contributed by atoms with E-state index in [0.717, 1.165) is 17.8 Å². The Morgan fingerprint density at radius 3 is 2.71 bits per heavy atom. The molecule has 94 valence electrons. The Bertz CT molecular complexity index is 406. The molecule has 2 aliphatic rings. The fourth-order valence-corrected chi connectivity index (χ4v) is 2.12. The van der Waals surface area contributed by atoms with Crippen LogP contribution in [0.15, 0.2) is 24.0 Å². The van der Waals surface area contributed by atoms with Crippen molar-refractivity contribution in [3.05, 3.63) is 24.0 Å². The number of carbonyl (C=O) groups is 1. The highest BCUT2D eigenvalue weighted by Crippen LogP contribution is 2.40. The summed E-state index contributed by atoms with van der Waals surface area (Å²) in [5.41, 5.74) is 1.18. The molecule has 1 unspecified atom stereocenters. The standard InChI is InChI=1S/C13H20N2O2/c1-9-8-15(11(16)17-12(2,3)4)13(5)7-6-10(13)14-9/h6,14H,1,7-8H2,2-5H3. The van der Waals surface area contributed by atoms with E-state index in [2.05, 4.69) is 18.0 Å². The summed E-state index contributed by atoms with van der Waals surface area (Å²) in [5, 5.41) is 3.22. The van der Waals surface area contributed by atoms with Gasteiger partial charge in [0.2, 0.25) is 0 Å². The molecular formula is C13H20N2O2. The predicted octanol–water partition coefficient (Wildman–Crippen LogP) is 2.39. The number of hydrogen-bond acceptors (Lipinski definition) is 3. The van der Waals surface area contributed by atoms with Gasteiger partial charge in [-0.2, -0.15) is 0 Å². The van der Waals surface area contributed by atoms with Gasteiger partial charge in [0.25, 0.3) is 0 Å². The lowest BCUT2D eigenvalue weighted by molar-refractivity contribution is 0.000850. The number of nitrogens with zero attached hydrogens (tertiary/aromatic N) is 1. The van der Waals surface area contributed by atoms with E-state index in [4.69, 9.17) is 4.74 Å². The van der Waals surface area contributed by atoms with Crippen LogP contribution in [0.25, 0.3) is 0 Å². The van der Waals surface area contributed by atoms with Gasteiger partial charge in [0.05, 0.1) is 12.1 Å². The molecule has 0 aromatic rings. The van der Waals surface area contributed by atoms with Crippen LogP contribution in [-0.4, -0.2) is 28.7 Å². The zero-order valence-electron chi connectivity index (χ0n) is 11.0. The Balaban J connectivity index is 2.17. The highest BCUT2D eigenvalue weighted by molar-refractivity contribution is 5.71. The summed E-state index contributed by atoms with van der Waals surface area (Å²) in [5.74, 6) is 0. The van der Waals surface area contributed by atoms with Gasteiger partial charge in [-0.3, -0.25) is 4.90 Å². The lowest BCUT2D eigenvalue weighted by Gasteiger charge is -2.51. The van der Waals surface area contributed by atoms with E-state index in [0.29, 0.717) is 6.54 Å². The van der Waals surface area contributed by atoms with Crippen molar-refractivity contribution >= 4 is 6.09 Å². The molecule has 4 nitrogen and oxygen atoms in total. The molecule has 0 aromatic carbocycles. The number of carbonyl (C=O) groups excluding carboxylic acids is 1. The van der Waals surface area contributed by atoms with Crippen molar-refractivity contribution in [2.24, 2.45) is 0 Å². The molecule has 1 amide bonds. The molecule has 1 aliphatic carbocycles. The zero-order chi connectivity index (χ0) is 12.8. The van der Waals surface area contributed by atoms with Crippen molar-refractivity contribution < 1.29 is 9.53 Å². The van der Waals surface area contributed by atoms with Gasteiger partial charge in [0.15, 0.2) is 0 Å². The smallest absolute Gasteiger partial charge is 0.411 e. The molecule has 0 saturated carbocycles. The van der Waals surface area contributed by atoms with Gasteiger partial charge in [-0.1, -0.05) is 12.7 Å². The number of amides is 1. The third-order valence-electron chi connectivity index (χ3n) is 3.15. The van der Waals surface area contributed by atoms with E-state index in [-0.39, 0.29) is 11.6 Å². The Hall–Kier alpha value is -1.45. The Morgan fingerprint density at radius 2 is 2.24 bits per heavy atom. The Kier molecular flexibility index (Phi) is 2.49. The first kappa shape index (κ1) is 12.0. The number of hydrogen-bond donors (Lipinski definition) is 1. The highest BCUT2D eigenvalue weighted by atomic mass is 16.6. The summed E-state index contributed by atoms with van der Waals surface area (Å²) >= 11 is 0. The van der Waals surface area contributed by atoms with Crippen LogP contribution in [0, 0.1) is 0 Å². The van der Waals surface area contributed by atoms with E-state index in [9.17, 15) is 4.79 Å². The molecule has 1 N–H and O–H groups in total. The number of fused-ring (bicyclic) bond motifs is 1. The van der Waals surface area contributed by atoms with Crippen molar-refractivity contribution in [2.45, 2.75) is 45.3 Å². The average Bonchev–Trinajstić information content (AvgIpc) is 2.15. The minimum absolute atomic E-state index is 0.247. The maximum absolute atomic E-state index is 12.2. The summed E-state index contributed by atoms with van der Waals surface area (Å²) in [6, 6.07) is 0. The molecule has 17 heavy (non-hydrogen) atoms. The maximum Gasteiger partial charge on any atom is 0.411 e. The quantitative estimate of drug-likeness (QED) is 0.702. The third kappa shape index (κ3) is 2.04. The third-order valence-corrected chi connectivity index (χ3v) is 3.15. The first-order valence-corrected chi connectivity index (χ1v) is 5.88. The van der Waals surface area contributed by atoms with Crippen molar-refractivity contribution in [2.75, 3.05) is 6.54 Å². The van der Waals surface area contributed by atoms with Crippen LogP contribution < -0.4 is 5.32 Å². The Labute approximate surface area is 102 Å². The number of piperazine rings is 1. The molecule has 1 fully saturated rings. The average molecular weight is 236 g/mol. The van der Waals surface area contributed by atoms with Gasteiger partial charge in [-0.25, -0.2) is 4.79 Å². The van der Waals surface area contributed by atoms with E-state index < -0.39 is 5.60 Å². The topological polar surface area (TPSA) is 41.6 Å². The second-order valence-electron chi connectivity index (χ2n) is 5.89. The molecular weight excluding hydrogens is 216 g/mol. The van der Waals surface area contributed by atoms with Crippen molar-refractivity contribution in [1.29, 1.82) is 0 Å². The molecule has 0 spiro atoms. The van der Waals surface area contributed by atoms with Crippen LogP contribution in [0.1, 0.15) is 34.1 Å². The minimum atomic E-state index is -0.465. The molecule has 1 saturated heterocycles. The van der Waals surface area contributed by atoms with E-state index in [1.807, 2.05) is 27.7 Å². The number of rotatable bonds is 0. The van der Waals surface area contributed by atoms with Gasteiger partial charge in [0, 0.05) is 11.4 Å². The van der Waals surface area contributed by atoms with Crippen molar-refractivity contribution in [3.8, 4) is 0 Å². The molecule has 0 aromatic heterocycles. The molecule has 2 rings (SSSR count). The molecule has 1 heterocycles. The maximum atomic E-state index is 12.2. The van der Waals surface area contributed by atoms with E-state index in [1.165, 1.54) is 0 Å². The molecule has 0 bridgehead atoms. The van der Waals surface area contributed by atoms with Crippen LogP contribution in [0.3, 0.4) is 0 Å². The summed E-state index contributed by atoms with van der Waals surface area (Å²) in [6.45, 7) is 12.1.